The number of amides is 1. The van der Waals surface area contributed by atoms with Gasteiger partial charge in [-0.05, 0) is 32.0 Å². The Morgan fingerprint density at radius 2 is 1.84 bits per heavy atom. The van der Waals surface area contributed by atoms with Crippen LogP contribution in [0.1, 0.15) is 41.8 Å². The lowest BCUT2D eigenvalue weighted by molar-refractivity contribution is -0.137. The van der Waals surface area contributed by atoms with E-state index in [2.05, 4.69) is 25.9 Å². The molecular weight excluding hydrogens is 506 g/mol. The third-order valence-corrected chi connectivity index (χ3v) is 5.49. The van der Waals surface area contributed by atoms with Crippen molar-refractivity contribution in [2.75, 3.05) is 31.4 Å². The van der Waals surface area contributed by atoms with Crippen LogP contribution in [-0.2, 0) is 17.3 Å². The number of methoxy groups -OCH3 is 1. The molecule has 0 radical (unpaired) electrons. The highest BCUT2D eigenvalue weighted by molar-refractivity contribution is 6.00. The van der Waals surface area contributed by atoms with Crippen molar-refractivity contribution in [3.8, 4) is 5.75 Å². The van der Waals surface area contributed by atoms with Gasteiger partial charge in [-0.15, -0.1) is 0 Å². The van der Waals surface area contributed by atoms with E-state index in [1.54, 1.807) is 12.1 Å². The molecule has 0 aliphatic heterocycles. The molecule has 1 heterocycles. The summed E-state index contributed by atoms with van der Waals surface area (Å²) in [5.74, 6) is -1.68. The Bertz CT molecular complexity index is 1270. The molecule has 1 amide bonds. The van der Waals surface area contributed by atoms with Gasteiger partial charge in [-0.3, -0.25) is 4.79 Å². The molecule has 12 heteroatoms. The molecular formula is C26H28F4N5O3+. The van der Waals surface area contributed by atoms with Crippen LogP contribution in [0.4, 0.5) is 40.7 Å². The van der Waals surface area contributed by atoms with E-state index in [-0.39, 0.29) is 35.1 Å². The predicted molar refractivity (Wildman–Crippen MR) is 135 cm³/mol. The van der Waals surface area contributed by atoms with Crippen molar-refractivity contribution in [2.45, 2.75) is 32.9 Å². The van der Waals surface area contributed by atoms with Crippen molar-refractivity contribution in [1.82, 2.24) is 15.3 Å². The van der Waals surface area contributed by atoms with Crippen molar-refractivity contribution in [3.05, 3.63) is 71.2 Å². The molecule has 38 heavy (non-hydrogen) atoms. The van der Waals surface area contributed by atoms with Gasteiger partial charge in [0.05, 0.1) is 30.7 Å². The van der Waals surface area contributed by atoms with Gasteiger partial charge in [0.2, 0.25) is 12.1 Å². The summed E-state index contributed by atoms with van der Waals surface area (Å²) in [4.78, 5) is 19.9. The van der Waals surface area contributed by atoms with E-state index in [4.69, 9.17) is 9.47 Å². The van der Waals surface area contributed by atoms with Crippen molar-refractivity contribution in [1.29, 1.82) is 0 Å². The number of benzene rings is 2. The van der Waals surface area contributed by atoms with Crippen molar-refractivity contribution in [3.63, 3.8) is 0 Å². The van der Waals surface area contributed by atoms with E-state index in [0.29, 0.717) is 30.9 Å². The molecule has 3 rings (SSSR count). The largest absolute Gasteiger partial charge is 0.495 e. The number of aromatic nitrogens is 2. The fourth-order valence-corrected chi connectivity index (χ4v) is 3.61. The zero-order valence-electron chi connectivity index (χ0n) is 21.3. The lowest BCUT2D eigenvalue weighted by atomic mass is 10.0. The number of alkyl halides is 3. The van der Waals surface area contributed by atoms with Gasteiger partial charge >= 0.3 is 6.18 Å². The van der Waals surface area contributed by atoms with Gasteiger partial charge in [-0.1, -0.05) is 12.1 Å². The summed E-state index contributed by atoms with van der Waals surface area (Å²) in [5.41, 5.74) is -0.487. The van der Waals surface area contributed by atoms with Crippen molar-refractivity contribution < 1.29 is 31.8 Å². The molecule has 0 saturated heterocycles. The Kier molecular flexibility index (Phi) is 9.35. The zero-order chi connectivity index (χ0) is 27.9. The number of carbonyl (C=O) groups is 1. The monoisotopic (exact) mass is 534 g/mol. The zero-order valence-corrected chi connectivity index (χ0v) is 21.3. The number of hydrogen-bond acceptors (Lipinski definition) is 7. The van der Waals surface area contributed by atoms with Crippen LogP contribution in [-0.4, -0.2) is 36.6 Å². The Balaban J connectivity index is 1.98. The smallest absolute Gasteiger partial charge is 0.421 e. The third kappa shape index (κ3) is 6.82. The van der Waals surface area contributed by atoms with E-state index in [1.165, 1.54) is 32.4 Å². The number of carbonyl (C=O) groups excluding carboxylic acids is 1. The topological polar surface area (TPSA) is 97.4 Å². The number of anilines is 4. The Morgan fingerprint density at radius 1 is 1.11 bits per heavy atom. The van der Waals surface area contributed by atoms with E-state index in [9.17, 15) is 22.4 Å². The first-order chi connectivity index (χ1) is 18.1. The van der Waals surface area contributed by atoms with Crippen LogP contribution in [0, 0.1) is 11.9 Å². The second-order valence-corrected chi connectivity index (χ2v) is 7.97. The minimum absolute atomic E-state index is 0.104. The highest BCUT2D eigenvalue weighted by atomic mass is 19.4. The molecule has 3 aromatic rings. The molecule has 0 fully saturated rings. The van der Waals surface area contributed by atoms with E-state index in [1.807, 2.05) is 13.8 Å². The lowest BCUT2D eigenvalue weighted by Crippen LogP contribution is -2.20. The van der Waals surface area contributed by atoms with E-state index in [0.717, 1.165) is 6.07 Å². The molecule has 202 valence electrons. The molecule has 0 aliphatic carbocycles. The summed E-state index contributed by atoms with van der Waals surface area (Å²) in [6.45, 7) is 4.19. The molecule has 0 aliphatic rings. The Morgan fingerprint density at radius 3 is 2.47 bits per heavy atom. The van der Waals surface area contributed by atoms with Gasteiger partial charge in [0, 0.05) is 24.9 Å². The maximum atomic E-state index is 14.9. The van der Waals surface area contributed by atoms with Crippen LogP contribution >= 0.6 is 0 Å². The molecule has 1 aromatic heterocycles. The average Bonchev–Trinajstić information content (AvgIpc) is 2.89. The number of halogens is 4. The summed E-state index contributed by atoms with van der Waals surface area (Å²) >= 11 is 0. The number of nitrogens with one attached hydrogen (secondary N) is 3. The maximum Gasteiger partial charge on any atom is 0.421 e. The van der Waals surface area contributed by atoms with Crippen LogP contribution in [0.15, 0.2) is 42.6 Å². The van der Waals surface area contributed by atoms with Gasteiger partial charge < -0.3 is 20.7 Å². The highest BCUT2D eigenvalue weighted by Crippen LogP contribution is 2.37. The summed E-state index contributed by atoms with van der Waals surface area (Å²) in [7, 11) is 2.79. The molecule has 0 saturated carbocycles. The molecule has 0 bridgehead atoms. The Hall–Kier alpha value is -4.06. The Labute approximate surface area is 217 Å². The minimum Gasteiger partial charge on any atom is -0.495 e. The SMILES string of the molecule is CCO[C+](CC)Cc1cc(OC)c(Nc2ncc(C(F)(F)F)c(Nc3ccccc3C(=O)NC)n2)cc1F. The van der Waals surface area contributed by atoms with Gasteiger partial charge in [0.15, 0.2) is 6.42 Å². The highest BCUT2D eigenvalue weighted by Gasteiger charge is 2.36. The molecule has 0 spiro atoms. The standard InChI is InChI=1S/C26H27F4N5O3/c1-5-16(38-6-2)11-15-12-22(37-4)21(13-19(15)27)34-25-32-14-18(26(28,29)30)23(35-25)33-20-10-8-7-9-17(20)24(36)31-3/h7-10,12-14H,5-6,11H2,1-4H3,(H2-,31,32,33,34,35,36)/p+1. The van der Waals surface area contributed by atoms with Crippen molar-refractivity contribution >= 4 is 29.0 Å². The van der Waals surface area contributed by atoms with E-state index >= 15 is 0 Å². The third-order valence-electron chi connectivity index (χ3n) is 5.49. The fraction of sp³-hybridized carbons (Fsp3) is 0.308. The molecule has 0 unspecified atom stereocenters. The van der Waals surface area contributed by atoms with Crippen LogP contribution in [0.3, 0.4) is 0 Å². The first kappa shape index (κ1) is 28.5. The van der Waals surface area contributed by atoms with E-state index < -0.39 is 29.3 Å². The van der Waals surface area contributed by atoms with Gasteiger partial charge in [0.25, 0.3) is 5.91 Å². The molecule has 8 nitrogen and oxygen atoms in total. The van der Waals surface area contributed by atoms with Crippen LogP contribution in [0.2, 0.25) is 0 Å². The number of nitrogens with zero attached hydrogens (tertiary/aromatic N) is 2. The number of ether oxygens (including phenoxy) is 2. The summed E-state index contributed by atoms with van der Waals surface area (Å²) in [6, 6.07) is 8.67. The second kappa shape index (κ2) is 12.5. The first-order valence-corrected chi connectivity index (χ1v) is 11.7. The normalized spacial score (nSPS) is 11.2. The lowest BCUT2D eigenvalue weighted by Gasteiger charge is -2.17. The van der Waals surface area contributed by atoms with Gasteiger partial charge in [-0.25, -0.2) is 9.37 Å². The summed E-state index contributed by atoms with van der Waals surface area (Å²) < 4.78 is 67.1. The number of rotatable bonds is 11. The quantitative estimate of drug-likeness (QED) is 0.205. The maximum absolute atomic E-state index is 14.9. The minimum atomic E-state index is -4.79. The summed E-state index contributed by atoms with van der Waals surface area (Å²) in [5, 5.41) is 7.75. The first-order valence-electron chi connectivity index (χ1n) is 11.7. The van der Waals surface area contributed by atoms with Gasteiger partial charge in [-0.2, -0.15) is 22.9 Å². The average molecular weight is 535 g/mol. The second-order valence-electron chi connectivity index (χ2n) is 7.97. The predicted octanol–water partition coefficient (Wildman–Crippen LogP) is 6.01. The molecule has 3 N–H and O–H groups in total. The summed E-state index contributed by atoms with van der Waals surface area (Å²) in [6.07, 6.45) is -2.64. The number of hydrogen-bond donors (Lipinski definition) is 3. The number of para-hydroxylation sites is 1. The van der Waals surface area contributed by atoms with Gasteiger partial charge in [0.1, 0.15) is 29.4 Å². The van der Waals surface area contributed by atoms with Crippen LogP contribution in [0.25, 0.3) is 0 Å². The van der Waals surface area contributed by atoms with Crippen LogP contribution < -0.4 is 20.7 Å². The fourth-order valence-electron chi connectivity index (χ4n) is 3.61. The van der Waals surface area contributed by atoms with Crippen LogP contribution in [0.5, 0.6) is 5.75 Å². The molecule has 0 atom stereocenters. The van der Waals surface area contributed by atoms with Crippen molar-refractivity contribution in [2.24, 2.45) is 0 Å². The molecule has 2 aromatic carbocycles.